The Hall–Kier alpha value is -0.980. The Morgan fingerprint density at radius 1 is 1.60 bits per heavy atom. The van der Waals surface area contributed by atoms with E-state index in [9.17, 15) is 0 Å². The Labute approximate surface area is 127 Å². The number of hydrogen-bond acceptors (Lipinski definition) is 4. The molecule has 0 aromatic carbocycles. The zero-order valence-electron chi connectivity index (χ0n) is 11.8. The van der Waals surface area contributed by atoms with Crippen LogP contribution in [-0.2, 0) is 17.7 Å². The Kier molecular flexibility index (Phi) is 4.05. The number of hydrogen-bond donors (Lipinski definition) is 1. The van der Waals surface area contributed by atoms with Crippen molar-refractivity contribution in [2.45, 2.75) is 45.8 Å². The minimum Gasteiger partial charge on any atom is -0.376 e. The third-order valence-corrected chi connectivity index (χ3v) is 5.13. The van der Waals surface area contributed by atoms with Crippen molar-refractivity contribution in [3.8, 4) is 11.4 Å². The van der Waals surface area contributed by atoms with E-state index in [0.717, 1.165) is 38.2 Å². The van der Waals surface area contributed by atoms with Crippen LogP contribution in [0.3, 0.4) is 0 Å². The molecule has 1 saturated heterocycles. The lowest BCUT2D eigenvalue weighted by molar-refractivity contribution is 0.0970. The maximum Gasteiger partial charge on any atom is 0.195 e. The molecule has 1 atom stereocenters. The van der Waals surface area contributed by atoms with Crippen molar-refractivity contribution < 1.29 is 4.74 Å². The van der Waals surface area contributed by atoms with Crippen molar-refractivity contribution in [2.75, 3.05) is 6.61 Å². The molecule has 0 radical (unpaired) electrons. The van der Waals surface area contributed by atoms with Gasteiger partial charge in [0.2, 0.25) is 0 Å². The van der Waals surface area contributed by atoms with Gasteiger partial charge in [0.1, 0.15) is 0 Å². The van der Waals surface area contributed by atoms with Gasteiger partial charge in [-0.15, -0.1) is 11.3 Å². The van der Waals surface area contributed by atoms with Crippen molar-refractivity contribution in [3.63, 3.8) is 0 Å². The molecule has 6 heteroatoms. The van der Waals surface area contributed by atoms with Gasteiger partial charge in [-0.2, -0.15) is 5.10 Å². The highest BCUT2D eigenvalue weighted by Crippen LogP contribution is 2.31. The zero-order chi connectivity index (χ0) is 14.1. The van der Waals surface area contributed by atoms with Gasteiger partial charge in [0.05, 0.1) is 12.6 Å². The summed E-state index contributed by atoms with van der Waals surface area (Å²) in [6, 6.07) is 0. The van der Waals surface area contributed by atoms with Gasteiger partial charge in [-0.3, -0.25) is 9.67 Å². The number of H-pyrrole nitrogens is 1. The Bertz CT molecular complexity index is 650. The van der Waals surface area contributed by atoms with Gasteiger partial charge >= 0.3 is 0 Å². The fourth-order valence-corrected chi connectivity index (χ4v) is 3.94. The molecular weight excluding hydrogens is 290 g/mol. The van der Waals surface area contributed by atoms with Crippen LogP contribution in [-0.4, -0.2) is 27.5 Å². The first-order valence-electron chi connectivity index (χ1n) is 7.04. The van der Waals surface area contributed by atoms with E-state index in [1.807, 2.05) is 0 Å². The van der Waals surface area contributed by atoms with E-state index in [1.54, 1.807) is 11.3 Å². The topological polar surface area (TPSA) is 42.8 Å². The molecule has 2 aromatic heterocycles. The number of nitrogens with one attached hydrogen (secondary N) is 1. The third kappa shape index (κ3) is 2.47. The molecule has 0 aliphatic carbocycles. The van der Waals surface area contributed by atoms with Crippen LogP contribution in [0.4, 0.5) is 0 Å². The second-order valence-corrected chi connectivity index (χ2v) is 6.61. The van der Waals surface area contributed by atoms with Crippen LogP contribution in [0.2, 0.25) is 0 Å². The molecule has 0 saturated carbocycles. The highest BCUT2D eigenvalue weighted by Gasteiger charge is 2.21. The van der Waals surface area contributed by atoms with Gasteiger partial charge in [-0.1, -0.05) is 6.92 Å². The van der Waals surface area contributed by atoms with Crippen LogP contribution in [0, 0.1) is 11.7 Å². The number of aromatic nitrogens is 3. The number of aryl methyl sites for hydroxylation is 1. The third-order valence-electron chi connectivity index (χ3n) is 3.87. The van der Waals surface area contributed by atoms with Gasteiger partial charge in [-0.25, -0.2) is 0 Å². The van der Waals surface area contributed by atoms with E-state index in [-0.39, 0.29) is 6.10 Å². The van der Waals surface area contributed by atoms with Crippen LogP contribution in [0.5, 0.6) is 0 Å². The molecule has 0 amide bonds. The molecule has 1 N–H and O–H groups in total. The standard InChI is InChI=1S/C14H19N3OS2/c1-3-11-9(2)20-8-12(11)13-15-16-14(19)17(13)7-10-5-4-6-18-10/h8,10H,3-7H2,1-2H3,(H,16,19)/t10-/m0/s1. The molecule has 1 aliphatic heterocycles. The van der Waals surface area contributed by atoms with Crippen LogP contribution in [0.15, 0.2) is 5.38 Å². The Morgan fingerprint density at radius 3 is 3.15 bits per heavy atom. The lowest BCUT2D eigenvalue weighted by Gasteiger charge is -2.12. The summed E-state index contributed by atoms with van der Waals surface area (Å²) in [5.41, 5.74) is 2.58. The summed E-state index contributed by atoms with van der Waals surface area (Å²) < 4.78 is 8.50. The van der Waals surface area contributed by atoms with E-state index in [2.05, 4.69) is 34.0 Å². The van der Waals surface area contributed by atoms with E-state index in [1.165, 1.54) is 16.0 Å². The van der Waals surface area contributed by atoms with E-state index >= 15 is 0 Å². The molecule has 0 spiro atoms. The largest absolute Gasteiger partial charge is 0.376 e. The molecule has 0 unspecified atom stereocenters. The first-order chi connectivity index (χ1) is 9.70. The summed E-state index contributed by atoms with van der Waals surface area (Å²) >= 11 is 7.17. The van der Waals surface area contributed by atoms with E-state index in [0.29, 0.717) is 4.77 Å². The first kappa shape index (κ1) is 14.0. The average Bonchev–Trinajstić information content (AvgIpc) is 3.13. The smallest absolute Gasteiger partial charge is 0.195 e. The summed E-state index contributed by atoms with van der Waals surface area (Å²) in [6.45, 7) is 6.01. The fourth-order valence-electron chi connectivity index (χ4n) is 2.79. The first-order valence-corrected chi connectivity index (χ1v) is 8.33. The second kappa shape index (κ2) is 5.79. The van der Waals surface area contributed by atoms with Gasteiger partial charge in [-0.05, 0) is 44.0 Å². The van der Waals surface area contributed by atoms with Crippen LogP contribution in [0.1, 0.15) is 30.2 Å². The van der Waals surface area contributed by atoms with Crippen molar-refractivity contribution in [2.24, 2.45) is 0 Å². The minimum absolute atomic E-state index is 0.267. The van der Waals surface area contributed by atoms with Gasteiger partial charge in [0.25, 0.3) is 0 Å². The van der Waals surface area contributed by atoms with E-state index < -0.39 is 0 Å². The minimum atomic E-state index is 0.267. The predicted octanol–water partition coefficient (Wildman–Crippen LogP) is 3.72. The van der Waals surface area contributed by atoms with Crippen molar-refractivity contribution in [1.29, 1.82) is 0 Å². The summed E-state index contributed by atoms with van der Waals surface area (Å²) in [5, 5.41) is 9.57. The van der Waals surface area contributed by atoms with Crippen molar-refractivity contribution in [1.82, 2.24) is 14.8 Å². The molecule has 108 valence electrons. The maximum absolute atomic E-state index is 5.73. The number of rotatable bonds is 4. The normalized spacial score (nSPS) is 18.8. The molecular formula is C14H19N3OS2. The van der Waals surface area contributed by atoms with Crippen LogP contribution < -0.4 is 0 Å². The van der Waals surface area contributed by atoms with Crippen molar-refractivity contribution in [3.05, 3.63) is 20.6 Å². The zero-order valence-corrected chi connectivity index (χ0v) is 13.4. The molecule has 2 aromatic rings. The second-order valence-electron chi connectivity index (χ2n) is 5.14. The summed E-state index contributed by atoms with van der Waals surface area (Å²) in [6.07, 6.45) is 3.53. The van der Waals surface area contributed by atoms with Gasteiger partial charge in [0.15, 0.2) is 10.6 Å². The predicted molar refractivity (Wildman–Crippen MR) is 83.8 cm³/mol. The molecule has 3 rings (SSSR count). The molecule has 0 bridgehead atoms. The maximum atomic E-state index is 5.73. The molecule has 20 heavy (non-hydrogen) atoms. The fraction of sp³-hybridized carbons (Fsp3) is 0.571. The van der Waals surface area contributed by atoms with Crippen molar-refractivity contribution >= 4 is 23.6 Å². The van der Waals surface area contributed by atoms with Gasteiger partial charge in [0, 0.05) is 22.4 Å². The van der Waals surface area contributed by atoms with E-state index in [4.69, 9.17) is 17.0 Å². The average molecular weight is 309 g/mol. The highest BCUT2D eigenvalue weighted by atomic mass is 32.1. The molecule has 1 fully saturated rings. The molecule has 4 nitrogen and oxygen atoms in total. The highest BCUT2D eigenvalue weighted by molar-refractivity contribution is 7.71. The Balaban J connectivity index is 1.99. The SMILES string of the molecule is CCc1c(-c2n[nH]c(=S)n2C[C@@H]2CCCO2)csc1C. The van der Waals surface area contributed by atoms with Crippen LogP contribution in [0.25, 0.3) is 11.4 Å². The Morgan fingerprint density at radius 2 is 2.45 bits per heavy atom. The summed E-state index contributed by atoms with van der Waals surface area (Å²) in [5.74, 6) is 0.951. The molecule has 3 heterocycles. The number of thiophene rings is 1. The quantitative estimate of drug-likeness (QED) is 0.875. The summed E-state index contributed by atoms with van der Waals surface area (Å²) in [4.78, 5) is 1.36. The summed E-state index contributed by atoms with van der Waals surface area (Å²) in [7, 11) is 0. The lowest BCUT2D eigenvalue weighted by atomic mass is 10.1. The molecule has 1 aliphatic rings. The number of aromatic amines is 1. The van der Waals surface area contributed by atoms with Gasteiger partial charge < -0.3 is 4.74 Å². The number of ether oxygens (including phenoxy) is 1. The monoisotopic (exact) mass is 309 g/mol. The van der Waals surface area contributed by atoms with Crippen LogP contribution >= 0.6 is 23.6 Å². The number of nitrogens with zero attached hydrogens (tertiary/aromatic N) is 2. The lowest BCUT2D eigenvalue weighted by Crippen LogP contribution is -2.16.